The number of rotatable bonds is 11. The van der Waals surface area contributed by atoms with Gasteiger partial charge in [-0.15, -0.1) is 11.3 Å². The quantitative estimate of drug-likeness (QED) is 0.404. The van der Waals surface area contributed by atoms with Crippen LogP contribution in [0, 0.1) is 0 Å². The summed E-state index contributed by atoms with van der Waals surface area (Å²) >= 11 is 1.59. The van der Waals surface area contributed by atoms with Crippen LogP contribution in [-0.4, -0.2) is 52.7 Å². The normalized spacial score (nSPS) is 12.7. The van der Waals surface area contributed by atoms with Crippen molar-refractivity contribution in [3.05, 3.63) is 39.8 Å². The van der Waals surface area contributed by atoms with Gasteiger partial charge in [-0.25, -0.2) is 0 Å². The summed E-state index contributed by atoms with van der Waals surface area (Å²) in [5.41, 5.74) is 2.34. The van der Waals surface area contributed by atoms with Gasteiger partial charge in [0.25, 0.3) is 5.91 Å². The standard InChI is InChI=1S/C23H30N2O5S/c1-28-12-6-11-24-22(27)21-16-7-4-5-8-20(16)31-23(21)25-14-17(26)15-9-10-18(29-2)19(13-15)30-3/h9-10,13,25H,4-8,11-12,14H2,1-3H3,(H,24,27). The molecule has 2 N–H and O–H groups in total. The van der Waals surface area contributed by atoms with Crippen molar-refractivity contribution in [2.75, 3.05) is 46.3 Å². The summed E-state index contributed by atoms with van der Waals surface area (Å²) in [6.07, 6.45) is 4.85. The Morgan fingerprint density at radius 3 is 2.58 bits per heavy atom. The minimum absolute atomic E-state index is 0.0845. The van der Waals surface area contributed by atoms with Crippen molar-refractivity contribution in [1.82, 2.24) is 5.32 Å². The van der Waals surface area contributed by atoms with E-state index < -0.39 is 0 Å². The van der Waals surface area contributed by atoms with Crippen LogP contribution >= 0.6 is 11.3 Å². The highest BCUT2D eigenvalue weighted by atomic mass is 32.1. The highest BCUT2D eigenvalue weighted by Gasteiger charge is 2.25. The first kappa shape index (κ1) is 23.1. The maximum absolute atomic E-state index is 12.9. The molecule has 31 heavy (non-hydrogen) atoms. The van der Waals surface area contributed by atoms with E-state index in [-0.39, 0.29) is 18.2 Å². The van der Waals surface area contributed by atoms with E-state index in [1.54, 1.807) is 43.8 Å². The number of amides is 1. The number of hydrogen-bond donors (Lipinski definition) is 2. The molecule has 1 amide bonds. The number of thiophene rings is 1. The Morgan fingerprint density at radius 2 is 1.84 bits per heavy atom. The number of fused-ring (bicyclic) bond motifs is 1. The third-order valence-corrected chi connectivity index (χ3v) is 6.57. The molecule has 0 atom stereocenters. The molecule has 1 aromatic heterocycles. The third kappa shape index (κ3) is 5.57. The van der Waals surface area contributed by atoms with E-state index in [1.807, 2.05) is 0 Å². The SMILES string of the molecule is COCCCNC(=O)c1c(NCC(=O)c2ccc(OC)c(OC)c2)sc2c1CCCC2. The Morgan fingerprint density at radius 1 is 1.06 bits per heavy atom. The molecule has 168 valence electrons. The minimum atomic E-state index is -0.0865. The van der Waals surface area contributed by atoms with E-state index >= 15 is 0 Å². The van der Waals surface area contributed by atoms with E-state index in [9.17, 15) is 9.59 Å². The minimum Gasteiger partial charge on any atom is -0.493 e. The summed E-state index contributed by atoms with van der Waals surface area (Å²) in [7, 11) is 4.74. The van der Waals surface area contributed by atoms with Gasteiger partial charge in [0.15, 0.2) is 17.3 Å². The van der Waals surface area contributed by atoms with Crippen LogP contribution in [0.2, 0.25) is 0 Å². The van der Waals surface area contributed by atoms with Crippen LogP contribution < -0.4 is 20.1 Å². The van der Waals surface area contributed by atoms with Crippen LogP contribution in [-0.2, 0) is 17.6 Å². The lowest BCUT2D eigenvalue weighted by Gasteiger charge is -2.13. The number of Topliss-reactive ketones (excluding diaryl/α,β-unsaturated/α-hetero) is 1. The average Bonchev–Trinajstić information content (AvgIpc) is 3.18. The molecule has 0 fully saturated rings. The second kappa shape index (κ2) is 11.2. The van der Waals surface area contributed by atoms with Gasteiger partial charge in [0.1, 0.15) is 5.00 Å². The fourth-order valence-corrected chi connectivity index (χ4v) is 4.99. The van der Waals surface area contributed by atoms with Gasteiger partial charge in [-0.05, 0) is 55.9 Å². The lowest BCUT2D eigenvalue weighted by Crippen LogP contribution is -2.27. The molecule has 0 unspecified atom stereocenters. The number of anilines is 1. The van der Waals surface area contributed by atoms with Gasteiger partial charge in [0.05, 0.1) is 26.3 Å². The number of nitrogens with one attached hydrogen (secondary N) is 2. The Labute approximate surface area is 187 Å². The maximum atomic E-state index is 12.9. The molecule has 0 spiro atoms. The van der Waals surface area contributed by atoms with Gasteiger partial charge >= 0.3 is 0 Å². The van der Waals surface area contributed by atoms with Crippen molar-refractivity contribution in [2.24, 2.45) is 0 Å². The van der Waals surface area contributed by atoms with Gasteiger partial charge < -0.3 is 24.8 Å². The fourth-order valence-electron chi connectivity index (χ4n) is 3.71. The van der Waals surface area contributed by atoms with Crippen molar-refractivity contribution in [3.8, 4) is 11.5 Å². The molecule has 1 aliphatic rings. The topological polar surface area (TPSA) is 85.9 Å². The van der Waals surface area contributed by atoms with Crippen molar-refractivity contribution in [1.29, 1.82) is 0 Å². The smallest absolute Gasteiger partial charge is 0.254 e. The zero-order chi connectivity index (χ0) is 22.2. The molecule has 0 saturated heterocycles. The number of methoxy groups -OCH3 is 3. The highest BCUT2D eigenvalue weighted by Crippen LogP contribution is 2.38. The van der Waals surface area contributed by atoms with Gasteiger partial charge in [-0.1, -0.05) is 0 Å². The molecule has 7 nitrogen and oxygen atoms in total. The maximum Gasteiger partial charge on any atom is 0.254 e. The van der Waals surface area contributed by atoms with Crippen LogP contribution in [0.1, 0.15) is 50.4 Å². The second-order valence-electron chi connectivity index (χ2n) is 7.36. The second-order valence-corrected chi connectivity index (χ2v) is 8.47. The van der Waals surface area contributed by atoms with Crippen LogP contribution in [0.3, 0.4) is 0 Å². The summed E-state index contributed by atoms with van der Waals surface area (Å²) in [6.45, 7) is 1.26. The van der Waals surface area contributed by atoms with E-state index in [4.69, 9.17) is 14.2 Å². The van der Waals surface area contributed by atoms with Crippen molar-refractivity contribution in [2.45, 2.75) is 32.1 Å². The van der Waals surface area contributed by atoms with Crippen molar-refractivity contribution >= 4 is 28.0 Å². The molecule has 1 heterocycles. The number of aryl methyl sites for hydroxylation is 1. The molecular formula is C23H30N2O5S. The molecular weight excluding hydrogens is 416 g/mol. The Bertz CT molecular complexity index is 925. The summed E-state index contributed by atoms with van der Waals surface area (Å²) in [6, 6.07) is 5.11. The summed E-state index contributed by atoms with van der Waals surface area (Å²) < 4.78 is 15.6. The van der Waals surface area contributed by atoms with Crippen molar-refractivity contribution in [3.63, 3.8) is 0 Å². The lowest BCUT2D eigenvalue weighted by molar-refractivity contribution is 0.0946. The first-order valence-corrected chi connectivity index (χ1v) is 11.3. The third-order valence-electron chi connectivity index (χ3n) is 5.32. The number of carbonyl (C=O) groups is 2. The van der Waals surface area contributed by atoms with Gasteiger partial charge in [-0.3, -0.25) is 9.59 Å². The molecule has 0 aliphatic heterocycles. The van der Waals surface area contributed by atoms with Crippen LogP contribution in [0.25, 0.3) is 0 Å². The summed E-state index contributed by atoms with van der Waals surface area (Å²) in [4.78, 5) is 27.0. The van der Waals surface area contributed by atoms with Gasteiger partial charge in [0, 0.05) is 30.7 Å². The Kier molecular flexibility index (Phi) is 8.31. The number of ketones is 1. The van der Waals surface area contributed by atoms with E-state index in [0.29, 0.717) is 35.8 Å². The lowest BCUT2D eigenvalue weighted by atomic mass is 9.95. The largest absolute Gasteiger partial charge is 0.493 e. The summed E-state index contributed by atoms with van der Waals surface area (Å²) in [5.74, 6) is 0.914. The number of benzene rings is 1. The molecule has 8 heteroatoms. The number of ether oxygens (including phenoxy) is 3. The zero-order valence-electron chi connectivity index (χ0n) is 18.3. The molecule has 0 radical (unpaired) electrons. The zero-order valence-corrected chi connectivity index (χ0v) is 19.2. The molecule has 1 aromatic carbocycles. The monoisotopic (exact) mass is 446 g/mol. The van der Waals surface area contributed by atoms with Crippen LogP contribution in [0.15, 0.2) is 18.2 Å². The fraction of sp³-hybridized carbons (Fsp3) is 0.478. The van der Waals surface area contributed by atoms with Gasteiger partial charge in [-0.2, -0.15) is 0 Å². The Hall–Kier alpha value is -2.58. The van der Waals surface area contributed by atoms with Gasteiger partial charge in [0.2, 0.25) is 0 Å². The predicted molar refractivity (Wildman–Crippen MR) is 122 cm³/mol. The highest BCUT2D eigenvalue weighted by molar-refractivity contribution is 7.16. The predicted octanol–water partition coefficient (Wildman–Crippen LogP) is 3.71. The van der Waals surface area contributed by atoms with Crippen LogP contribution in [0.5, 0.6) is 11.5 Å². The van der Waals surface area contributed by atoms with Crippen molar-refractivity contribution < 1.29 is 23.8 Å². The molecule has 1 aliphatic carbocycles. The Balaban J connectivity index is 1.74. The molecule has 3 rings (SSSR count). The number of carbonyl (C=O) groups excluding carboxylic acids is 2. The molecule has 2 aromatic rings. The molecule has 0 bridgehead atoms. The first-order valence-electron chi connectivity index (χ1n) is 10.5. The molecule has 0 saturated carbocycles. The average molecular weight is 447 g/mol. The van der Waals surface area contributed by atoms with E-state index in [2.05, 4.69) is 10.6 Å². The van der Waals surface area contributed by atoms with Crippen LogP contribution in [0.4, 0.5) is 5.00 Å². The summed E-state index contributed by atoms with van der Waals surface area (Å²) in [5, 5.41) is 6.99. The van der Waals surface area contributed by atoms with E-state index in [1.165, 1.54) is 12.0 Å². The van der Waals surface area contributed by atoms with E-state index in [0.717, 1.165) is 42.7 Å². The first-order chi connectivity index (χ1) is 15.1. The number of hydrogen-bond acceptors (Lipinski definition) is 7.